The molecule has 5 rings (SSSR count). The van der Waals surface area contributed by atoms with Gasteiger partial charge in [0.25, 0.3) is 0 Å². The first kappa shape index (κ1) is 30.6. The molecule has 4 aliphatic rings. The highest BCUT2D eigenvalue weighted by Crippen LogP contribution is 2.67. The number of ketones is 2. The lowest BCUT2D eigenvalue weighted by Crippen LogP contribution is -2.58. The average molecular weight is 605 g/mol. The van der Waals surface area contributed by atoms with E-state index in [0.717, 1.165) is 49.8 Å². The van der Waals surface area contributed by atoms with E-state index in [1.807, 2.05) is 30.3 Å². The standard InChI is InChI=1S/C33H43Cl2NO5/c1-31-12-9-25(37)20-23(31)5-8-26-27(31)10-13-32(2)28(26)11-14-33(32,40)29(38)21-41-30(39)19-22-3-6-24(7-4-22)36(17-15-34)18-16-35/h3-4,6-7,20,26-28,40H,5,8-19,21H2,1-2H3/t26-,27+,28+,31+,32+,33+/m1/s1. The summed E-state index contributed by atoms with van der Waals surface area (Å²) in [6, 6.07) is 7.61. The van der Waals surface area contributed by atoms with Crippen LogP contribution in [0.1, 0.15) is 70.8 Å². The van der Waals surface area contributed by atoms with Gasteiger partial charge in [-0.3, -0.25) is 14.4 Å². The fourth-order valence-electron chi connectivity index (χ4n) is 8.92. The minimum absolute atomic E-state index is 0.0447. The van der Waals surface area contributed by atoms with E-state index in [9.17, 15) is 19.5 Å². The van der Waals surface area contributed by atoms with E-state index in [1.54, 1.807) is 0 Å². The number of anilines is 1. The summed E-state index contributed by atoms with van der Waals surface area (Å²) in [5.41, 5.74) is 1.11. The van der Waals surface area contributed by atoms with Gasteiger partial charge < -0.3 is 14.7 Å². The number of aliphatic hydroxyl groups is 1. The monoisotopic (exact) mass is 603 g/mol. The zero-order valence-corrected chi connectivity index (χ0v) is 25.8. The van der Waals surface area contributed by atoms with Crippen LogP contribution in [-0.4, -0.2) is 59.7 Å². The van der Waals surface area contributed by atoms with Gasteiger partial charge in [0.2, 0.25) is 5.78 Å². The molecular weight excluding hydrogens is 561 g/mol. The Labute approximate surface area is 253 Å². The van der Waals surface area contributed by atoms with Gasteiger partial charge in [0.05, 0.1) is 6.42 Å². The zero-order chi connectivity index (χ0) is 29.4. The van der Waals surface area contributed by atoms with Crippen LogP contribution >= 0.6 is 23.2 Å². The number of fused-ring (bicyclic) bond motifs is 5. The van der Waals surface area contributed by atoms with Gasteiger partial charge in [-0.1, -0.05) is 31.6 Å². The molecule has 8 heteroatoms. The summed E-state index contributed by atoms with van der Waals surface area (Å²) in [4.78, 5) is 40.4. The van der Waals surface area contributed by atoms with Crippen molar-refractivity contribution in [1.29, 1.82) is 0 Å². The van der Waals surface area contributed by atoms with Crippen molar-refractivity contribution in [2.45, 2.75) is 77.2 Å². The lowest BCUT2D eigenvalue weighted by molar-refractivity contribution is -0.169. The van der Waals surface area contributed by atoms with E-state index >= 15 is 0 Å². The highest BCUT2D eigenvalue weighted by molar-refractivity contribution is 6.18. The third-order valence-corrected chi connectivity index (χ3v) is 11.6. The van der Waals surface area contributed by atoms with Crippen LogP contribution in [0.3, 0.4) is 0 Å². The molecule has 3 saturated carbocycles. The van der Waals surface area contributed by atoms with Crippen molar-refractivity contribution in [2.24, 2.45) is 28.6 Å². The van der Waals surface area contributed by atoms with Crippen molar-refractivity contribution < 1.29 is 24.2 Å². The van der Waals surface area contributed by atoms with Crippen LogP contribution in [0.2, 0.25) is 0 Å². The van der Waals surface area contributed by atoms with Crippen LogP contribution in [0.5, 0.6) is 0 Å². The maximum Gasteiger partial charge on any atom is 0.310 e. The maximum absolute atomic E-state index is 13.5. The highest BCUT2D eigenvalue weighted by Gasteiger charge is 2.66. The Morgan fingerprint density at radius 3 is 2.34 bits per heavy atom. The third-order valence-electron chi connectivity index (χ3n) is 11.3. The number of carbonyl (C=O) groups excluding carboxylic acids is 3. The molecule has 4 aliphatic carbocycles. The quantitative estimate of drug-likeness (QED) is 0.265. The summed E-state index contributed by atoms with van der Waals surface area (Å²) in [5.74, 6) is 1.53. The number of allylic oxidation sites excluding steroid dienone is 1. The number of benzene rings is 1. The summed E-state index contributed by atoms with van der Waals surface area (Å²) in [7, 11) is 0. The smallest absolute Gasteiger partial charge is 0.310 e. The molecule has 0 bridgehead atoms. The molecule has 6 nitrogen and oxygen atoms in total. The Morgan fingerprint density at radius 2 is 1.66 bits per heavy atom. The van der Waals surface area contributed by atoms with Crippen molar-refractivity contribution in [2.75, 3.05) is 36.4 Å². The van der Waals surface area contributed by atoms with Gasteiger partial charge in [-0.15, -0.1) is 23.2 Å². The fraction of sp³-hybridized carbons (Fsp3) is 0.667. The van der Waals surface area contributed by atoms with E-state index in [4.69, 9.17) is 27.9 Å². The van der Waals surface area contributed by atoms with Crippen molar-refractivity contribution in [3.63, 3.8) is 0 Å². The number of hydrogen-bond acceptors (Lipinski definition) is 6. The van der Waals surface area contributed by atoms with E-state index < -0.39 is 23.6 Å². The first-order chi connectivity index (χ1) is 19.6. The Hall–Kier alpha value is -1.89. The molecule has 0 spiro atoms. The molecular formula is C33H43Cl2NO5. The molecule has 0 radical (unpaired) electrons. The van der Waals surface area contributed by atoms with Gasteiger partial charge in [-0.05, 0) is 91.9 Å². The van der Waals surface area contributed by atoms with E-state index in [-0.39, 0.29) is 29.3 Å². The summed E-state index contributed by atoms with van der Waals surface area (Å²) in [5, 5.41) is 11.9. The molecule has 0 unspecified atom stereocenters. The third kappa shape index (κ3) is 5.49. The van der Waals surface area contributed by atoms with E-state index in [0.29, 0.717) is 49.5 Å². The van der Waals surface area contributed by atoms with Crippen LogP contribution in [0, 0.1) is 28.6 Å². The molecule has 1 aromatic carbocycles. The zero-order valence-electron chi connectivity index (χ0n) is 24.3. The number of alkyl halides is 2. The minimum Gasteiger partial charge on any atom is -0.457 e. The molecule has 0 amide bonds. The Bertz CT molecular complexity index is 1190. The lowest BCUT2D eigenvalue weighted by Gasteiger charge is -2.58. The van der Waals surface area contributed by atoms with Gasteiger partial charge in [0, 0.05) is 42.4 Å². The highest BCUT2D eigenvalue weighted by atomic mass is 35.5. The van der Waals surface area contributed by atoms with Gasteiger partial charge in [-0.25, -0.2) is 0 Å². The predicted molar refractivity (Wildman–Crippen MR) is 161 cm³/mol. The minimum atomic E-state index is -1.49. The summed E-state index contributed by atoms with van der Waals surface area (Å²) < 4.78 is 5.44. The van der Waals surface area contributed by atoms with Crippen LogP contribution < -0.4 is 4.90 Å². The van der Waals surface area contributed by atoms with Crippen molar-refractivity contribution in [1.82, 2.24) is 0 Å². The summed E-state index contributed by atoms with van der Waals surface area (Å²) in [6.07, 6.45) is 8.34. The van der Waals surface area contributed by atoms with Gasteiger partial charge in [0.15, 0.2) is 12.4 Å². The number of carbonyl (C=O) groups is 3. The Kier molecular flexibility index (Phi) is 8.95. The molecule has 1 N–H and O–H groups in total. The SMILES string of the molecule is C[C@]12CCC(=O)C=C1CC[C@@H]1[C@@H]2CC[C@@]2(C)[C@H]1CC[C@]2(O)C(=O)COC(=O)Cc1ccc(N(CCCl)CCCl)cc1. The number of Topliss-reactive ketones (excluding diaryl/α,β-unsaturated/α-hetero) is 1. The molecule has 0 aromatic heterocycles. The van der Waals surface area contributed by atoms with Crippen molar-refractivity contribution in [3.05, 3.63) is 41.5 Å². The molecule has 0 heterocycles. The first-order valence-corrected chi connectivity index (χ1v) is 16.2. The van der Waals surface area contributed by atoms with Gasteiger partial charge in [0.1, 0.15) is 5.60 Å². The van der Waals surface area contributed by atoms with E-state index in [2.05, 4.69) is 18.7 Å². The number of ether oxygens (including phenoxy) is 1. The first-order valence-electron chi connectivity index (χ1n) is 15.2. The molecule has 0 saturated heterocycles. The second-order valence-electron chi connectivity index (χ2n) is 13.1. The fourth-order valence-corrected chi connectivity index (χ4v) is 9.32. The second kappa shape index (κ2) is 12.0. The topological polar surface area (TPSA) is 83.9 Å². The molecule has 3 fully saturated rings. The van der Waals surface area contributed by atoms with Crippen molar-refractivity contribution in [3.8, 4) is 0 Å². The number of hydrogen-bond donors (Lipinski definition) is 1. The summed E-state index contributed by atoms with van der Waals surface area (Å²) in [6.45, 7) is 5.37. The molecule has 41 heavy (non-hydrogen) atoms. The van der Waals surface area contributed by atoms with Crippen LogP contribution in [0.4, 0.5) is 5.69 Å². The molecule has 0 aliphatic heterocycles. The van der Waals surface area contributed by atoms with Crippen LogP contribution in [0.25, 0.3) is 0 Å². The Morgan fingerprint density at radius 1 is 0.976 bits per heavy atom. The number of halogens is 2. The summed E-state index contributed by atoms with van der Waals surface area (Å²) >= 11 is 11.8. The normalized spacial score (nSPS) is 34.2. The predicted octanol–water partition coefficient (Wildman–Crippen LogP) is 5.89. The average Bonchev–Trinajstić information content (AvgIpc) is 3.24. The largest absolute Gasteiger partial charge is 0.457 e. The van der Waals surface area contributed by atoms with Gasteiger partial charge in [-0.2, -0.15) is 0 Å². The second-order valence-corrected chi connectivity index (χ2v) is 13.9. The molecule has 6 atom stereocenters. The van der Waals surface area contributed by atoms with Crippen LogP contribution in [-0.2, 0) is 25.5 Å². The van der Waals surface area contributed by atoms with Gasteiger partial charge >= 0.3 is 5.97 Å². The number of nitrogens with zero attached hydrogens (tertiary/aromatic N) is 1. The molecule has 224 valence electrons. The number of rotatable bonds is 10. The maximum atomic E-state index is 13.5. The van der Waals surface area contributed by atoms with E-state index in [1.165, 1.54) is 5.57 Å². The Balaban J connectivity index is 1.20. The molecule has 1 aromatic rings. The van der Waals surface area contributed by atoms with Crippen molar-refractivity contribution >= 4 is 46.4 Å². The lowest BCUT2D eigenvalue weighted by atomic mass is 9.46. The number of esters is 1. The van der Waals surface area contributed by atoms with Crippen LogP contribution in [0.15, 0.2) is 35.9 Å².